The summed E-state index contributed by atoms with van der Waals surface area (Å²) in [4.78, 5) is 6.63. The molecule has 5 heteroatoms. The van der Waals surface area contributed by atoms with E-state index in [9.17, 15) is 5.11 Å². The summed E-state index contributed by atoms with van der Waals surface area (Å²) in [6, 6.07) is 9.96. The van der Waals surface area contributed by atoms with Crippen LogP contribution in [-0.4, -0.2) is 33.1 Å². The molecule has 2 aromatic heterocycles. The maximum Gasteiger partial charge on any atom is 0.0983 e. The van der Waals surface area contributed by atoms with E-state index in [0.717, 1.165) is 41.3 Å². The topological polar surface area (TPSA) is 41.3 Å². The highest BCUT2D eigenvalue weighted by atomic mass is 35.5. The summed E-state index contributed by atoms with van der Waals surface area (Å²) < 4.78 is 2.23. The predicted octanol–water partition coefficient (Wildman–Crippen LogP) is 4.36. The van der Waals surface area contributed by atoms with Gasteiger partial charge in [-0.1, -0.05) is 31.2 Å². The summed E-state index contributed by atoms with van der Waals surface area (Å²) in [5.41, 5.74) is 5.57. The van der Waals surface area contributed by atoms with Crippen molar-refractivity contribution in [2.45, 2.75) is 40.0 Å². The van der Waals surface area contributed by atoms with E-state index in [1.54, 1.807) is 6.20 Å². The van der Waals surface area contributed by atoms with Crippen molar-refractivity contribution in [3.8, 4) is 0 Å². The van der Waals surface area contributed by atoms with Gasteiger partial charge in [-0.05, 0) is 44.2 Å². The molecule has 1 aliphatic heterocycles. The Balaban J connectivity index is 0.00000196. The fraction of sp³-hybridized carbons (Fsp3) is 0.381. The fourth-order valence-corrected chi connectivity index (χ4v) is 3.87. The molecule has 0 saturated heterocycles. The van der Waals surface area contributed by atoms with Crippen molar-refractivity contribution in [3.63, 3.8) is 0 Å². The molecule has 1 aliphatic rings. The van der Waals surface area contributed by atoms with Crippen LogP contribution in [-0.2, 0) is 19.5 Å². The molecule has 0 saturated carbocycles. The van der Waals surface area contributed by atoms with Crippen LogP contribution in [0.25, 0.3) is 10.9 Å². The number of halogens is 1. The van der Waals surface area contributed by atoms with E-state index in [1.165, 1.54) is 16.6 Å². The van der Waals surface area contributed by atoms with E-state index in [1.807, 2.05) is 31.2 Å². The number of aryl methyl sites for hydroxylation is 1. The Morgan fingerprint density at radius 2 is 2.08 bits per heavy atom. The third kappa shape index (κ3) is 3.37. The Bertz CT molecular complexity index is 917. The summed E-state index contributed by atoms with van der Waals surface area (Å²) >= 11 is 6.26. The van der Waals surface area contributed by atoms with Crippen molar-refractivity contribution in [3.05, 3.63) is 64.1 Å². The second kappa shape index (κ2) is 7.39. The van der Waals surface area contributed by atoms with Gasteiger partial charge >= 0.3 is 0 Å². The highest BCUT2D eigenvalue weighted by Gasteiger charge is 2.24. The van der Waals surface area contributed by atoms with Gasteiger partial charge in [-0.2, -0.15) is 0 Å². The molecule has 1 atom stereocenters. The quantitative estimate of drug-likeness (QED) is 0.743. The number of aliphatic hydroxyl groups excluding tert-OH is 1. The standard InChI is InChI=1S/C20H22ClN3O.CH4/c1-13-3-4-14(10-22-13)20(25)12-24-18-9-15(21)5-6-16(18)17-7-8-23(2)11-19(17)24;/h3-6,9-10,20,25H,7-8,11-12H2,1-2H3;1H4. The Morgan fingerprint density at radius 1 is 1.27 bits per heavy atom. The van der Waals surface area contributed by atoms with Gasteiger partial charge in [0.05, 0.1) is 18.2 Å². The van der Waals surface area contributed by atoms with Crippen LogP contribution in [0.3, 0.4) is 0 Å². The average molecular weight is 372 g/mol. The lowest BCUT2D eigenvalue weighted by Crippen LogP contribution is -2.28. The number of benzene rings is 1. The number of fused-ring (bicyclic) bond motifs is 3. The minimum Gasteiger partial charge on any atom is -0.386 e. The first-order chi connectivity index (χ1) is 12.0. The van der Waals surface area contributed by atoms with Gasteiger partial charge in [-0.3, -0.25) is 4.98 Å². The van der Waals surface area contributed by atoms with Crippen LogP contribution in [0.2, 0.25) is 5.02 Å². The second-order valence-corrected chi connectivity index (χ2v) is 7.37. The maximum absolute atomic E-state index is 10.8. The number of nitrogens with zero attached hydrogens (tertiary/aromatic N) is 3. The van der Waals surface area contributed by atoms with Crippen molar-refractivity contribution in [2.24, 2.45) is 0 Å². The SMILES string of the molecule is C.Cc1ccc(C(O)Cn2c3c(c4ccc(Cl)cc42)CCN(C)C3)cn1. The lowest BCUT2D eigenvalue weighted by Gasteiger charge is -2.25. The average Bonchev–Trinajstić information content (AvgIpc) is 2.88. The van der Waals surface area contributed by atoms with Gasteiger partial charge in [-0.15, -0.1) is 0 Å². The van der Waals surface area contributed by atoms with Crippen LogP contribution in [0.4, 0.5) is 0 Å². The smallest absolute Gasteiger partial charge is 0.0983 e. The molecule has 26 heavy (non-hydrogen) atoms. The van der Waals surface area contributed by atoms with Crippen LogP contribution in [0.5, 0.6) is 0 Å². The van der Waals surface area contributed by atoms with E-state index in [4.69, 9.17) is 11.6 Å². The number of hydrogen-bond acceptors (Lipinski definition) is 3. The molecule has 1 unspecified atom stereocenters. The van der Waals surface area contributed by atoms with Crippen molar-refractivity contribution in [1.82, 2.24) is 14.5 Å². The van der Waals surface area contributed by atoms with Gasteiger partial charge in [0.2, 0.25) is 0 Å². The molecule has 3 heterocycles. The van der Waals surface area contributed by atoms with E-state index >= 15 is 0 Å². The Hall–Kier alpha value is -1.88. The number of pyridine rings is 1. The zero-order valence-corrected chi connectivity index (χ0v) is 15.3. The minimum absolute atomic E-state index is 0. The van der Waals surface area contributed by atoms with Gasteiger partial charge < -0.3 is 14.6 Å². The Morgan fingerprint density at radius 3 is 2.81 bits per heavy atom. The molecular weight excluding hydrogens is 346 g/mol. The Kier molecular flexibility index (Phi) is 5.37. The zero-order valence-electron chi connectivity index (χ0n) is 14.5. The zero-order chi connectivity index (χ0) is 17.6. The van der Waals surface area contributed by atoms with E-state index < -0.39 is 6.10 Å². The van der Waals surface area contributed by atoms with E-state index in [2.05, 4.69) is 27.6 Å². The van der Waals surface area contributed by atoms with Gasteiger partial charge in [0.15, 0.2) is 0 Å². The molecule has 138 valence electrons. The van der Waals surface area contributed by atoms with Crippen LogP contribution >= 0.6 is 11.6 Å². The van der Waals surface area contributed by atoms with E-state index in [0.29, 0.717) is 6.54 Å². The van der Waals surface area contributed by atoms with E-state index in [-0.39, 0.29) is 7.43 Å². The van der Waals surface area contributed by atoms with Crippen molar-refractivity contribution in [2.75, 3.05) is 13.6 Å². The normalized spacial score (nSPS) is 15.5. The van der Waals surface area contributed by atoms with Crippen molar-refractivity contribution in [1.29, 1.82) is 0 Å². The number of rotatable bonds is 3. The summed E-state index contributed by atoms with van der Waals surface area (Å²) in [6.45, 7) is 4.40. The van der Waals surface area contributed by atoms with Crippen LogP contribution in [0.15, 0.2) is 36.5 Å². The third-order valence-electron chi connectivity index (χ3n) is 5.09. The highest BCUT2D eigenvalue weighted by molar-refractivity contribution is 6.31. The molecule has 0 spiro atoms. The molecule has 3 aromatic rings. The lowest BCUT2D eigenvalue weighted by atomic mass is 10.0. The number of aromatic nitrogens is 2. The predicted molar refractivity (Wildman–Crippen MR) is 108 cm³/mol. The molecule has 0 fully saturated rings. The molecule has 0 bridgehead atoms. The third-order valence-corrected chi connectivity index (χ3v) is 5.32. The molecule has 4 rings (SSSR count). The molecule has 1 aromatic carbocycles. The molecule has 0 radical (unpaired) electrons. The Labute approximate surface area is 160 Å². The summed E-state index contributed by atoms with van der Waals surface area (Å²) in [5.74, 6) is 0. The number of aliphatic hydroxyl groups is 1. The molecule has 0 amide bonds. The lowest BCUT2D eigenvalue weighted by molar-refractivity contribution is 0.154. The molecular formula is C21H26ClN3O. The largest absolute Gasteiger partial charge is 0.386 e. The molecule has 0 aliphatic carbocycles. The van der Waals surface area contributed by atoms with Gasteiger partial charge in [0.25, 0.3) is 0 Å². The maximum atomic E-state index is 10.8. The summed E-state index contributed by atoms with van der Waals surface area (Å²) in [5, 5.41) is 12.7. The number of hydrogen-bond donors (Lipinski definition) is 1. The monoisotopic (exact) mass is 371 g/mol. The second-order valence-electron chi connectivity index (χ2n) is 6.93. The van der Waals surface area contributed by atoms with Crippen LogP contribution in [0, 0.1) is 6.92 Å². The molecule has 4 nitrogen and oxygen atoms in total. The summed E-state index contributed by atoms with van der Waals surface area (Å²) in [7, 11) is 2.14. The highest BCUT2D eigenvalue weighted by Crippen LogP contribution is 2.33. The van der Waals surface area contributed by atoms with Crippen LogP contribution in [0.1, 0.15) is 36.0 Å². The summed E-state index contributed by atoms with van der Waals surface area (Å²) in [6.07, 6.45) is 2.19. The first-order valence-corrected chi connectivity index (χ1v) is 8.99. The first-order valence-electron chi connectivity index (χ1n) is 8.61. The minimum atomic E-state index is -0.598. The van der Waals surface area contributed by atoms with Crippen molar-refractivity contribution >= 4 is 22.5 Å². The van der Waals surface area contributed by atoms with Crippen molar-refractivity contribution < 1.29 is 5.11 Å². The van der Waals surface area contributed by atoms with Gasteiger partial charge in [0, 0.05) is 46.6 Å². The number of likely N-dealkylation sites (N-methyl/N-ethyl adjacent to an activating group) is 1. The fourth-order valence-electron chi connectivity index (χ4n) is 3.71. The van der Waals surface area contributed by atoms with Gasteiger partial charge in [0.1, 0.15) is 0 Å². The first kappa shape index (κ1) is 18.9. The van der Waals surface area contributed by atoms with Crippen LogP contribution < -0.4 is 0 Å². The molecule has 1 N–H and O–H groups in total. The van der Waals surface area contributed by atoms with Gasteiger partial charge in [-0.25, -0.2) is 0 Å².